The van der Waals surface area contributed by atoms with Crippen molar-refractivity contribution in [3.8, 4) is 5.75 Å². The van der Waals surface area contributed by atoms with Gasteiger partial charge >= 0.3 is 0 Å². The number of likely N-dealkylation sites (N-methyl/N-ethyl adjacent to an activating group) is 1. The number of nitrogens with zero attached hydrogens (tertiary/aromatic N) is 2. The number of pyridine rings is 1. The molecule has 130 valence electrons. The van der Waals surface area contributed by atoms with Crippen molar-refractivity contribution in [2.45, 2.75) is 6.92 Å². The second-order valence-electron chi connectivity index (χ2n) is 6.21. The number of amides is 2. The van der Waals surface area contributed by atoms with Crippen LogP contribution in [0.25, 0.3) is 10.9 Å². The number of nitrogens with one attached hydrogen (secondary N) is 1. The van der Waals surface area contributed by atoms with Gasteiger partial charge in [-0.25, -0.2) is 0 Å². The van der Waals surface area contributed by atoms with Gasteiger partial charge in [-0.3, -0.25) is 14.6 Å². The molecule has 2 amide bonds. The van der Waals surface area contributed by atoms with Crippen LogP contribution in [0.15, 0.2) is 48.7 Å². The molecule has 1 aliphatic rings. The summed E-state index contributed by atoms with van der Waals surface area (Å²) in [6.07, 6.45) is 1.68. The molecule has 4 rings (SSSR count). The largest absolute Gasteiger partial charge is 0.481 e. The van der Waals surface area contributed by atoms with Crippen molar-refractivity contribution in [1.82, 2.24) is 4.98 Å². The number of aryl methyl sites for hydroxylation is 1. The number of carbonyl (C=O) groups excluding carboxylic acids is 2. The molecule has 0 bridgehead atoms. The molecule has 3 aromatic rings. The Labute approximate surface area is 150 Å². The van der Waals surface area contributed by atoms with Gasteiger partial charge in [-0.15, -0.1) is 0 Å². The summed E-state index contributed by atoms with van der Waals surface area (Å²) >= 11 is 0. The maximum Gasteiger partial charge on any atom is 0.264 e. The van der Waals surface area contributed by atoms with Gasteiger partial charge in [-0.05, 0) is 30.7 Å². The normalized spacial score (nSPS) is 13.3. The monoisotopic (exact) mass is 347 g/mol. The molecule has 6 nitrogen and oxygen atoms in total. The second-order valence-corrected chi connectivity index (χ2v) is 6.21. The molecule has 0 atom stereocenters. The number of hydrogen-bond acceptors (Lipinski definition) is 4. The lowest BCUT2D eigenvalue weighted by Crippen LogP contribution is -2.35. The molecule has 1 N–H and O–H groups in total. The number of rotatable bonds is 2. The molecule has 1 aliphatic heterocycles. The van der Waals surface area contributed by atoms with Crippen molar-refractivity contribution >= 4 is 34.1 Å². The highest BCUT2D eigenvalue weighted by atomic mass is 16.5. The van der Waals surface area contributed by atoms with Crippen LogP contribution in [-0.2, 0) is 4.79 Å². The molecule has 26 heavy (non-hydrogen) atoms. The fraction of sp³-hybridized carbons (Fsp3) is 0.150. The van der Waals surface area contributed by atoms with Crippen molar-refractivity contribution in [2.24, 2.45) is 0 Å². The Morgan fingerprint density at radius 2 is 2.08 bits per heavy atom. The van der Waals surface area contributed by atoms with Gasteiger partial charge in [-0.2, -0.15) is 0 Å². The highest BCUT2D eigenvalue weighted by Crippen LogP contribution is 2.34. The Bertz CT molecular complexity index is 1050. The average molecular weight is 347 g/mol. The van der Waals surface area contributed by atoms with Crippen molar-refractivity contribution < 1.29 is 14.3 Å². The van der Waals surface area contributed by atoms with Gasteiger partial charge in [0.05, 0.1) is 16.8 Å². The molecule has 2 aromatic carbocycles. The maximum absolute atomic E-state index is 12.9. The fourth-order valence-corrected chi connectivity index (χ4v) is 3.08. The molecule has 1 aromatic heterocycles. The summed E-state index contributed by atoms with van der Waals surface area (Å²) in [5, 5.41) is 3.82. The highest BCUT2D eigenvalue weighted by molar-refractivity contribution is 6.13. The summed E-state index contributed by atoms with van der Waals surface area (Å²) < 4.78 is 5.47. The van der Waals surface area contributed by atoms with E-state index in [0.29, 0.717) is 28.2 Å². The van der Waals surface area contributed by atoms with Gasteiger partial charge < -0.3 is 15.0 Å². The molecule has 0 saturated carbocycles. The predicted molar refractivity (Wildman–Crippen MR) is 99.8 cm³/mol. The van der Waals surface area contributed by atoms with Gasteiger partial charge in [0, 0.05) is 30.4 Å². The SMILES string of the molecule is Cc1ccc2cccnc2c1C(=O)Nc1ccc2c(c1)OCC(=O)N2C. The van der Waals surface area contributed by atoms with Crippen LogP contribution in [0, 0.1) is 6.92 Å². The van der Waals surface area contributed by atoms with Crippen molar-refractivity contribution in [3.05, 3.63) is 59.8 Å². The molecule has 0 radical (unpaired) electrons. The van der Waals surface area contributed by atoms with E-state index in [1.54, 1.807) is 36.3 Å². The molecule has 2 heterocycles. The van der Waals surface area contributed by atoms with Gasteiger partial charge in [0.2, 0.25) is 0 Å². The summed E-state index contributed by atoms with van der Waals surface area (Å²) in [6, 6.07) is 12.9. The van der Waals surface area contributed by atoms with E-state index >= 15 is 0 Å². The Kier molecular flexibility index (Phi) is 3.80. The van der Waals surface area contributed by atoms with Crippen molar-refractivity contribution in [2.75, 3.05) is 23.9 Å². The van der Waals surface area contributed by atoms with Crippen LogP contribution in [0.1, 0.15) is 15.9 Å². The average Bonchev–Trinajstić information content (AvgIpc) is 2.64. The van der Waals surface area contributed by atoms with Crippen LogP contribution < -0.4 is 15.0 Å². The van der Waals surface area contributed by atoms with Crippen LogP contribution in [0.4, 0.5) is 11.4 Å². The van der Waals surface area contributed by atoms with Crippen LogP contribution in [-0.4, -0.2) is 30.5 Å². The number of carbonyl (C=O) groups is 2. The summed E-state index contributed by atoms with van der Waals surface area (Å²) in [6.45, 7) is 1.88. The van der Waals surface area contributed by atoms with E-state index in [-0.39, 0.29) is 18.4 Å². The molecule has 0 saturated heterocycles. The standard InChI is InChI=1S/C20H17N3O3/c1-12-5-6-13-4-3-9-21-19(13)18(12)20(25)22-14-7-8-15-16(10-14)26-11-17(24)23(15)2/h3-10H,11H2,1-2H3,(H,22,25). The smallest absolute Gasteiger partial charge is 0.264 e. The highest BCUT2D eigenvalue weighted by Gasteiger charge is 2.23. The van der Waals surface area contributed by atoms with Gasteiger partial charge in [0.15, 0.2) is 6.61 Å². The lowest BCUT2D eigenvalue weighted by atomic mass is 10.0. The minimum atomic E-state index is -0.230. The zero-order valence-electron chi connectivity index (χ0n) is 14.4. The summed E-state index contributed by atoms with van der Waals surface area (Å²) in [7, 11) is 1.70. The Morgan fingerprint density at radius 3 is 2.92 bits per heavy atom. The van der Waals surface area contributed by atoms with Gasteiger partial charge in [0.1, 0.15) is 5.75 Å². The summed E-state index contributed by atoms with van der Waals surface area (Å²) in [5.74, 6) is 0.233. The van der Waals surface area contributed by atoms with E-state index in [9.17, 15) is 9.59 Å². The third-order valence-electron chi connectivity index (χ3n) is 4.51. The topological polar surface area (TPSA) is 71.5 Å². The van der Waals surface area contributed by atoms with Crippen LogP contribution >= 0.6 is 0 Å². The van der Waals surface area contributed by atoms with E-state index in [1.807, 2.05) is 31.2 Å². The quantitative estimate of drug-likeness (QED) is 0.773. The lowest BCUT2D eigenvalue weighted by molar-refractivity contribution is -0.120. The first kappa shape index (κ1) is 16.1. The Morgan fingerprint density at radius 1 is 1.23 bits per heavy atom. The zero-order chi connectivity index (χ0) is 18.3. The predicted octanol–water partition coefficient (Wildman–Crippen LogP) is 3.15. The Balaban J connectivity index is 1.68. The third-order valence-corrected chi connectivity index (χ3v) is 4.51. The van der Waals surface area contributed by atoms with E-state index in [1.165, 1.54) is 0 Å². The van der Waals surface area contributed by atoms with E-state index in [2.05, 4.69) is 10.3 Å². The number of hydrogen-bond donors (Lipinski definition) is 1. The number of anilines is 2. The van der Waals surface area contributed by atoms with Crippen LogP contribution in [0.2, 0.25) is 0 Å². The van der Waals surface area contributed by atoms with Gasteiger partial charge in [0.25, 0.3) is 11.8 Å². The van der Waals surface area contributed by atoms with E-state index in [0.717, 1.165) is 10.9 Å². The third kappa shape index (κ3) is 2.65. The molecule has 0 unspecified atom stereocenters. The number of ether oxygens (including phenoxy) is 1. The Hall–Kier alpha value is -3.41. The minimum Gasteiger partial charge on any atom is -0.481 e. The molecule has 0 fully saturated rings. The van der Waals surface area contributed by atoms with Crippen LogP contribution in [0.3, 0.4) is 0 Å². The first-order valence-corrected chi connectivity index (χ1v) is 8.23. The zero-order valence-corrected chi connectivity index (χ0v) is 14.4. The molecule has 0 aliphatic carbocycles. The molecular formula is C20H17N3O3. The maximum atomic E-state index is 12.9. The lowest BCUT2D eigenvalue weighted by Gasteiger charge is -2.26. The number of fused-ring (bicyclic) bond motifs is 2. The van der Waals surface area contributed by atoms with Crippen LogP contribution in [0.5, 0.6) is 5.75 Å². The molecular weight excluding hydrogens is 330 g/mol. The second kappa shape index (κ2) is 6.15. The van der Waals surface area contributed by atoms with Gasteiger partial charge in [-0.1, -0.05) is 18.2 Å². The van der Waals surface area contributed by atoms with Crippen molar-refractivity contribution in [1.29, 1.82) is 0 Å². The first-order chi connectivity index (χ1) is 12.5. The fourth-order valence-electron chi connectivity index (χ4n) is 3.08. The minimum absolute atomic E-state index is 0.00670. The summed E-state index contributed by atoms with van der Waals surface area (Å²) in [5.41, 5.74) is 3.36. The molecule has 0 spiro atoms. The molecule has 6 heteroatoms. The van der Waals surface area contributed by atoms with Crippen molar-refractivity contribution in [3.63, 3.8) is 0 Å². The summed E-state index contributed by atoms with van der Waals surface area (Å²) in [4.78, 5) is 30.5. The van der Waals surface area contributed by atoms with E-state index in [4.69, 9.17) is 4.74 Å². The number of benzene rings is 2. The van der Waals surface area contributed by atoms with E-state index < -0.39 is 0 Å². The number of aromatic nitrogens is 1. The first-order valence-electron chi connectivity index (χ1n) is 8.23.